The van der Waals surface area contributed by atoms with Gasteiger partial charge in [0.2, 0.25) is 5.13 Å². The number of ether oxygens (including phenoxy) is 2. The van der Waals surface area contributed by atoms with Crippen LogP contribution in [0.5, 0.6) is 11.5 Å². The molecule has 1 unspecified atom stereocenters. The summed E-state index contributed by atoms with van der Waals surface area (Å²) in [6.45, 7) is 10.5. The minimum absolute atomic E-state index is 0.0671. The van der Waals surface area contributed by atoms with E-state index in [0.717, 1.165) is 6.42 Å². The van der Waals surface area contributed by atoms with E-state index in [-0.39, 0.29) is 16.5 Å². The zero-order chi connectivity index (χ0) is 28.6. The first-order valence-electron chi connectivity index (χ1n) is 13.2. The molecule has 10 nitrogen and oxygen atoms in total. The molecule has 11 heteroatoms. The van der Waals surface area contributed by atoms with Crippen LogP contribution in [0.15, 0.2) is 48.2 Å². The second-order valence-electron chi connectivity index (χ2n) is 9.92. The van der Waals surface area contributed by atoms with Crippen molar-refractivity contribution >= 4 is 39.6 Å². The quantitative estimate of drug-likeness (QED) is 0.167. The average Bonchev–Trinajstić information content (AvgIpc) is 3.57. The van der Waals surface area contributed by atoms with E-state index >= 15 is 0 Å². The zero-order valence-corrected chi connectivity index (χ0v) is 23.9. The monoisotopic (exact) mass is 561 g/mol. The molecule has 0 saturated carbocycles. The zero-order valence-electron chi connectivity index (χ0n) is 23.0. The van der Waals surface area contributed by atoms with Crippen LogP contribution in [0.4, 0.5) is 5.13 Å². The minimum Gasteiger partial charge on any atom is -0.505 e. The predicted octanol–water partition coefficient (Wildman–Crippen LogP) is 5.25. The van der Waals surface area contributed by atoms with E-state index < -0.39 is 17.7 Å². The number of ketones is 1. The summed E-state index contributed by atoms with van der Waals surface area (Å²) in [4.78, 5) is 32.9. The molecule has 208 valence electrons. The molecule has 1 amide bonds. The Balaban J connectivity index is 1.69. The molecule has 1 aromatic carbocycles. The third-order valence-electron chi connectivity index (χ3n) is 6.63. The van der Waals surface area contributed by atoms with Crippen LogP contribution in [0.3, 0.4) is 0 Å². The molecule has 1 fully saturated rings. The van der Waals surface area contributed by atoms with E-state index in [0.29, 0.717) is 58.2 Å². The Labute approximate surface area is 235 Å². The highest BCUT2D eigenvalue weighted by Gasteiger charge is 2.49. The van der Waals surface area contributed by atoms with Crippen molar-refractivity contribution in [2.75, 3.05) is 18.1 Å². The number of nitrogens with zero attached hydrogens (tertiary/aromatic N) is 5. The molecule has 0 spiro atoms. The number of fused-ring (bicyclic) bond motifs is 1. The number of aromatic nitrogens is 4. The highest BCUT2D eigenvalue weighted by molar-refractivity contribution is 7.15. The molecule has 0 aliphatic carbocycles. The van der Waals surface area contributed by atoms with Gasteiger partial charge in [0, 0.05) is 6.20 Å². The van der Waals surface area contributed by atoms with Gasteiger partial charge >= 0.3 is 5.91 Å². The molecule has 1 atom stereocenters. The van der Waals surface area contributed by atoms with Crippen LogP contribution in [-0.2, 0) is 9.59 Å². The van der Waals surface area contributed by atoms with E-state index in [2.05, 4.69) is 29.0 Å². The first-order chi connectivity index (χ1) is 19.2. The lowest BCUT2D eigenvalue weighted by Gasteiger charge is -2.24. The number of hydrogen-bond acceptors (Lipinski definition) is 9. The molecule has 4 heterocycles. The SMILES string of the molecule is CCOc1cc(C2/C(=C(\O)c3c(C)nc4ccccn34)C(=O)C(=O)N2c2nnc(C)s2)ccc1OCCC(C)C. The maximum atomic E-state index is 13.6. The van der Waals surface area contributed by atoms with Crippen molar-refractivity contribution in [1.29, 1.82) is 0 Å². The van der Waals surface area contributed by atoms with Crippen molar-refractivity contribution in [3.05, 3.63) is 70.1 Å². The normalized spacial score (nSPS) is 16.9. The van der Waals surface area contributed by atoms with Crippen LogP contribution in [0.25, 0.3) is 11.4 Å². The number of aliphatic hydroxyl groups excluding tert-OH is 1. The standard InChI is InChI=1S/C29H31N5O5S/c1-6-38-21-15-19(10-11-20(21)39-14-12-16(2)3)25-23(27(36)28(37)34(25)29-32-31-18(5)40-29)26(35)24-17(4)30-22-9-7-8-13-33(22)24/h7-11,13,15-16,25,35H,6,12,14H2,1-5H3/b26-23+. The molecule has 1 N–H and O–H groups in total. The van der Waals surface area contributed by atoms with Crippen LogP contribution in [0, 0.1) is 19.8 Å². The Kier molecular flexibility index (Phi) is 7.57. The molecule has 40 heavy (non-hydrogen) atoms. The maximum Gasteiger partial charge on any atom is 0.301 e. The number of pyridine rings is 1. The van der Waals surface area contributed by atoms with Crippen LogP contribution in [0.1, 0.15) is 55.2 Å². The second-order valence-corrected chi connectivity index (χ2v) is 11.1. The van der Waals surface area contributed by atoms with Gasteiger partial charge in [-0.15, -0.1) is 10.2 Å². The van der Waals surface area contributed by atoms with Crippen molar-refractivity contribution < 1.29 is 24.2 Å². The van der Waals surface area contributed by atoms with E-state index in [1.807, 2.05) is 13.0 Å². The fourth-order valence-corrected chi connectivity index (χ4v) is 5.46. The van der Waals surface area contributed by atoms with Gasteiger partial charge in [-0.25, -0.2) is 4.98 Å². The summed E-state index contributed by atoms with van der Waals surface area (Å²) in [5.74, 6) is -0.423. The molecular weight excluding hydrogens is 530 g/mol. The number of anilines is 1. The number of aryl methyl sites for hydroxylation is 2. The molecule has 5 rings (SSSR count). The smallest absolute Gasteiger partial charge is 0.301 e. The third kappa shape index (κ3) is 4.92. The number of carbonyl (C=O) groups excluding carboxylic acids is 2. The van der Waals surface area contributed by atoms with E-state index in [1.54, 1.807) is 54.8 Å². The molecule has 0 radical (unpaired) electrons. The summed E-state index contributed by atoms with van der Waals surface area (Å²) in [6.07, 6.45) is 2.63. The summed E-state index contributed by atoms with van der Waals surface area (Å²) >= 11 is 1.19. The van der Waals surface area contributed by atoms with Gasteiger partial charge in [0.25, 0.3) is 5.78 Å². The summed E-state index contributed by atoms with van der Waals surface area (Å²) in [7, 11) is 0. The molecule has 0 bridgehead atoms. The van der Waals surface area contributed by atoms with Crippen molar-refractivity contribution in [2.45, 2.75) is 47.1 Å². The van der Waals surface area contributed by atoms with Gasteiger partial charge in [-0.3, -0.25) is 18.9 Å². The van der Waals surface area contributed by atoms with Gasteiger partial charge in [0.1, 0.15) is 16.3 Å². The Morgan fingerprint density at radius 1 is 1.10 bits per heavy atom. The van der Waals surface area contributed by atoms with Crippen molar-refractivity contribution in [3.8, 4) is 11.5 Å². The number of benzene rings is 1. The van der Waals surface area contributed by atoms with Gasteiger partial charge in [-0.1, -0.05) is 37.3 Å². The number of Topliss-reactive ketones (excluding diaryl/α,β-unsaturated/α-hetero) is 1. The van der Waals surface area contributed by atoms with Crippen molar-refractivity contribution in [1.82, 2.24) is 19.6 Å². The summed E-state index contributed by atoms with van der Waals surface area (Å²) in [5.41, 5.74) is 1.95. The Morgan fingerprint density at radius 2 is 1.90 bits per heavy atom. The number of amides is 1. The summed E-state index contributed by atoms with van der Waals surface area (Å²) in [6, 6.07) is 9.76. The summed E-state index contributed by atoms with van der Waals surface area (Å²) in [5, 5.41) is 20.8. The van der Waals surface area contributed by atoms with Crippen molar-refractivity contribution in [3.63, 3.8) is 0 Å². The van der Waals surface area contributed by atoms with Crippen LogP contribution in [0.2, 0.25) is 0 Å². The molecule has 1 aliphatic heterocycles. The lowest BCUT2D eigenvalue weighted by atomic mass is 9.96. The van der Waals surface area contributed by atoms with Gasteiger partial charge < -0.3 is 14.6 Å². The fourth-order valence-electron chi connectivity index (χ4n) is 4.74. The third-order valence-corrected chi connectivity index (χ3v) is 7.47. The number of imidazole rings is 1. The average molecular weight is 562 g/mol. The molecule has 1 saturated heterocycles. The Morgan fingerprint density at radius 3 is 2.60 bits per heavy atom. The molecule has 4 aromatic rings. The molecule has 1 aliphatic rings. The van der Waals surface area contributed by atoms with E-state index in [4.69, 9.17) is 9.47 Å². The maximum absolute atomic E-state index is 13.6. The Bertz CT molecular complexity index is 1620. The van der Waals surface area contributed by atoms with E-state index in [9.17, 15) is 14.7 Å². The number of carbonyl (C=O) groups is 2. The van der Waals surface area contributed by atoms with Gasteiger partial charge in [0.15, 0.2) is 17.3 Å². The fraction of sp³-hybridized carbons (Fsp3) is 0.345. The highest BCUT2D eigenvalue weighted by atomic mass is 32.1. The first-order valence-corrected chi connectivity index (χ1v) is 14.0. The lowest BCUT2D eigenvalue weighted by Crippen LogP contribution is -2.29. The number of aliphatic hydroxyl groups is 1. The number of hydrogen-bond donors (Lipinski definition) is 1. The molecule has 3 aromatic heterocycles. The largest absolute Gasteiger partial charge is 0.505 e. The van der Waals surface area contributed by atoms with Gasteiger partial charge in [-0.05, 0) is 62.9 Å². The van der Waals surface area contributed by atoms with Gasteiger partial charge in [-0.2, -0.15) is 0 Å². The van der Waals surface area contributed by atoms with Crippen LogP contribution in [-0.4, -0.2) is 49.6 Å². The number of rotatable bonds is 9. The van der Waals surface area contributed by atoms with Crippen LogP contribution >= 0.6 is 11.3 Å². The predicted molar refractivity (Wildman–Crippen MR) is 152 cm³/mol. The highest BCUT2D eigenvalue weighted by Crippen LogP contribution is 2.45. The lowest BCUT2D eigenvalue weighted by molar-refractivity contribution is -0.132. The summed E-state index contributed by atoms with van der Waals surface area (Å²) < 4.78 is 13.6. The van der Waals surface area contributed by atoms with E-state index in [1.165, 1.54) is 16.2 Å². The van der Waals surface area contributed by atoms with Gasteiger partial charge in [0.05, 0.1) is 30.5 Å². The van der Waals surface area contributed by atoms with Crippen molar-refractivity contribution in [2.24, 2.45) is 5.92 Å². The minimum atomic E-state index is -0.982. The second kappa shape index (κ2) is 11.1. The Hall–Kier alpha value is -4.25. The van der Waals surface area contributed by atoms with Crippen LogP contribution < -0.4 is 14.4 Å². The topological polar surface area (TPSA) is 119 Å². The first kappa shape index (κ1) is 27.3. The molecular formula is C29H31N5O5S.